The van der Waals surface area contributed by atoms with Crippen LogP contribution in [0.2, 0.25) is 0 Å². The number of carbonyl (C=O) groups is 1. The fourth-order valence-electron chi connectivity index (χ4n) is 3.46. The van der Waals surface area contributed by atoms with Crippen LogP contribution in [0.5, 0.6) is 5.75 Å². The molecule has 7 nitrogen and oxygen atoms in total. The number of pyridine rings is 1. The molecule has 0 aliphatic carbocycles. The second-order valence-corrected chi connectivity index (χ2v) is 9.13. The van der Waals surface area contributed by atoms with Crippen molar-refractivity contribution < 1.29 is 13.9 Å². The van der Waals surface area contributed by atoms with Gasteiger partial charge >= 0.3 is 0 Å². The van der Waals surface area contributed by atoms with Crippen LogP contribution in [0.4, 0.5) is 5.69 Å². The molecule has 0 atom stereocenters. The molecule has 2 aromatic heterocycles. The molecule has 0 fully saturated rings. The molecular weight excluding hydrogens is 540 g/mol. The van der Waals surface area contributed by atoms with E-state index >= 15 is 0 Å². The Kier molecular flexibility index (Phi) is 7.01. The number of aromatic nitrogens is 2. The summed E-state index contributed by atoms with van der Waals surface area (Å²) in [7, 11) is 0. The minimum atomic E-state index is -0.343. The summed E-state index contributed by atoms with van der Waals surface area (Å²) in [5.74, 6) is 0.712. The molecule has 2 heterocycles. The number of rotatable bonds is 6. The highest BCUT2D eigenvalue weighted by atomic mass is 79.9. The van der Waals surface area contributed by atoms with Gasteiger partial charge in [-0.25, -0.2) is 4.98 Å². The number of nitrogens with zero attached hydrogens (tertiary/aromatic N) is 2. The Bertz CT molecular complexity index is 1560. The molecule has 0 saturated carbocycles. The summed E-state index contributed by atoms with van der Waals surface area (Å²) in [6, 6.07) is 24.0. The van der Waals surface area contributed by atoms with Gasteiger partial charge in [0.05, 0.1) is 5.56 Å². The smallest absolute Gasteiger partial charge is 0.257 e. The topological polar surface area (TPSA) is 89.3 Å². The third-order valence-corrected chi connectivity index (χ3v) is 5.81. The number of ether oxygens (including phenoxy) is 1. The normalized spacial score (nSPS) is 10.7. The van der Waals surface area contributed by atoms with Crippen molar-refractivity contribution in [3.05, 3.63) is 107 Å². The first-order chi connectivity index (χ1) is 17.5. The number of carbonyl (C=O) groups excluding carboxylic acids is 1. The number of nitrogens with one attached hydrogen (secondary N) is 2. The first kappa shape index (κ1) is 23.7. The molecule has 36 heavy (non-hydrogen) atoms. The standard InChI is InChI=1S/C27H19BrN4O3S/c28-20-11-19(14-29-15-20)26-31-23-13-21(9-10-24(23)35-26)30-27(36)32-25(33)18-7-4-8-22(12-18)34-16-17-5-2-1-3-6-17/h1-15H,16H2,(H2,30,32,33,36). The summed E-state index contributed by atoms with van der Waals surface area (Å²) in [6.07, 6.45) is 3.37. The fraction of sp³-hybridized carbons (Fsp3) is 0.0370. The van der Waals surface area contributed by atoms with Gasteiger partial charge in [-0.05, 0) is 76.2 Å². The Morgan fingerprint density at radius 2 is 1.86 bits per heavy atom. The lowest BCUT2D eigenvalue weighted by atomic mass is 10.2. The molecule has 5 aromatic rings. The first-order valence-corrected chi connectivity index (χ1v) is 12.1. The SMILES string of the molecule is O=C(NC(=S)Nc1ccc2oc(-c3cncc(Br)c3)nc2c1)c1cccc(OCc2ccccc2)c1. The number of anilines is 1. The third kappa shape index (κ3) is 5.76. The number of amides is 1. The van der Waals surface area contributed by atoms with Crippen molar-refractivity contribution in [2.45, 2.75) is 6.61 Å². The van der Waals surface area contributed by atoms with Crippen LogP contribution in [-0.2, 0) is 6.61 Å². The lowest BCUT2D eigenvalue weighted by Gasteiger charge is -2.11. The Morgan fingerprint density at radius 1 is 1.00 bits per heavy atom. The largest absolute Gasteiger partial charge is 0.489 e. The summed E-state index contributed by atoms with van der Waals surface area (Å²) in [5, 5.41) is 5.88. The maximum absolute atomic E-state index is 12.7. The molecule has 0 radical (unpaired) electrons. The maximum Gasteiger partial charge on any atom is 0.257 e. The van der Waals surface area contributed by atoms with Gasteiger partial charge in [-0.3, -0.25) is 15.1 Å². The second kappa shape index (κ2) is 10.7. The Hall–Kier alpha value is -4.08. The first-order valence-electron chi connectivity index (χ1n) is 10.9. The van der Waals surface area contributed by atoms with Crippen molar-refractivity contribution in [2.24, 2.45) is 0 Å². The number of hydrogen-bond donors (Lipinski definition) is 2. The monoisotopic (exact) mass is 558 g/mol. The summed E-state index contributed by atoms with van der Waals surface area (Å²) in [6.45, 7) is 0.413. The van der Waals surface area contributed by atoms with Crippen LogP contribution in [-0.4, -0.2) is 21.0 Å². The lowest BCUT2D eigenvalue weighted by Crippen LogP contribution is -2.34. The van der Waals surface area contributed by atoms with Crippen LogP contribution in [0.3, 0.4) is 0 Å². The summed E-state index contributed by atoms with van der Waals surface area (Å²) >= 11 is 8.75. The van der Waals surface area contributed by atoms with Gasteiger partial charge in [0.15, 0.2) is 10.7 Å². The van der Waals surface area contributed by atoms with E-state index in [0.717, 1.165) is 15.6 Å². The predicted molar refractivity (Wildman–Crippen MR) is 146 cm³/mol. The van der Waals surface area contributed by atoms with Crippen molar-refractivity contribution in [1.29, 1.82) is 0 Å². The number of fused-ring (bicyclic) bond motifs is 1. The Balaban J connectivity index is 1.22. The van der Waals surface area contributed by atoms with Gasteiger partial charge in [-0.1, -0.05) is 36.4 Å². The van der Waals surface area contributed by atoms with E-state index in [1.165, 1.54) is 0 Å². The number of thiocarbonyl (C=S) groups is 1. The highest BCUT2D eigenvalue weighted by Gasteiger charge is 2.12. The van der Waals surface area contributed by atoms with E-state index in [-0.39, 0.29) is 11.0 Å². The van der Waals surface area contributed by atoms with Crippen molar-refractivity contribution in [3.63, 3.8) is 0 Å². The van der Waals surface area contributed by atoms with Crippen molar-refractivity contribution >= 4 is 56.0 Å². The molecule has 1 amide bonds. The van der Waals surface area contributed by atoms with Gasteiger partial charge in [-0.2, -0.15) is 0 Å². The van der Waals surface area contributed by atoms with E-state index in [2.05, 4.69) is 36.5 Å². The zero-order chi connectivity index (χ0) is 24.9. The zero-order valence-electron chi connectivity index (χ0n) is 18.8. The highest BCUT2D eigenvalue weighted by Crippen LogP contribution is 2.27. The van der Waals surface area contributed by atoms with E-state index < -0.39 is 0 Å². The summed E-state index contributed by atoms with van der Waals surface area (Å²) in [4.78, 5) is 21.4. The van der Waals surface area contributed by atoms with Crippen molar-refractivity contribution in [2.75, 3.05) is 5.32 Å². The quantitative estimate of drug-likeness (QED) is 0.234. The average Bonchev–Trinajstić information content (AvgIpc) is 3.32. The maximum atomic E-state index is 12.7. The molecule has 0 spiro atoms. The molecule has 0 saturated heterocycles. The number of halogens is 1. The van der Waals surface area contributed by atoms with Gasteiger partial charge in [0.2, 0.25) is 5.89 Å². The van der Waals surface area contributed by atoms with Crippen LogP contribution in [0.15, 0.2) is 100 Å². The lowest BCUT2D eigenvalue weighted by molar-refractivity contribution is 0.0977. The molecule has 3 aromatic carbocycles. The fourth-order valence-corrected chi connectivity index (χ4v) is 4.04. The van der Waals surface area contributed by atoms with E-state index in [0.29, 0.717) is 40.6 Å². The van der Waals surface area contributed by atoms with E-state index in [9.17, 15) is 4.79 Å². The molecule has 2 N–H and O–H groups in total. The minimum absolute atomic E-state index is 0.162. The molecule has 0 aliphatic heterocycles. The molecule has 9 heteroatoms. The van der Waals surface area contributed by atoms with Crippen LogP contribution in [0.25, 0.3) is 22.6 Å². The van der Waals surface area contributed by atoms with Gasteiger partial charge in [0.1, 0.15) is 17.9 Å². The Morgan fingerprint density at radius 3 is 2.69 bits per heavy atom. The van der Waals surface area contributed by atoms with Crippen LogP contribution < -0.4 is 15.4 Å². The molecular formula is C27H19BrN4O3S. The minimum Gasteiger partial charge on any atom is -0.489 e. The highest BCUT2D eigenvalue weighted by molar-refractivity contribution is 9.10. The van der Waals surface area contributed by atoms with Gasteiger partial charge in [-0.15, -0.1) is 0 Å². The van der Waals surface area contributed by atoms with E-state index in [4.69, 9.17) is 21.4 Å². The molecule has 0 bridgehead atoms. The van der Waals surface area contributed by atoms with E-state index in [1.807, 2.05) is 42.5 Å². The van der Waals surface area contributed by atoms with E-state index in [1.54, 1.807) is 48.8 Å². The number of benzene rings is 3. The predicted octanol–water partition coefficient (Wildman–Crippen LogP) is 6.36. The molecule has 178 valence electrons. The molecule has 5 rings (SSSR count). The zero-order valence-corrected chi connectivity index (χ0v) is 21.2. The second-order valence-electron chi connectivity index (χ2n) is 7.80. The van der Waals surface area contributed by atoms with Crippen molar-refractivity contribution in [3.8, 4) is 17.2 Å². The van der Waals surface area contributed by atoms with Gasteiger partial charge < -0.3 is 14.5 Å². The van der Waals surface area contributed by atoms with Gasteiger partial charge in [0.25, 0.3) is 5.91 Å². The third-order valence-electron chi connectivity index (χ3n) is 5.17. The van der Waals surface area contributed by atoms with Gasteiger partial charge in [0, 0.05) is 28.1 Å². The van der Waals surface area contributed by atoms with Crippen LogP contribution in [0.1, 0.15) is 15.9 Å². The molecule has 0 unspecified atom stereocenters. The number of oxazole rings is 1. The summed E-state index contributed by atoms with van der Waals surface area (Å²) in [5.41, 5.74) is 4.17. The Labute approximate surface area is 220 Å². The average molecular weight is 559 g/mol. The van der Waals surface area contributed by atoms with Crippen molar-refractivity contribution in [1.82, 2.24) is 15.3 Å². The van der Waals surface area contributed by atoms with Crippen LogP contribution >= 0.6 is 28.1 Å². The summed E-state index contributed by atoms with van der Waals surface area (Å²) < 4.78 is 12.5. The molecule has 0 aliphatic rings. The van der Waals surface area contributed by atoms with Crippen LogP contribution in [0, 0.1) is 0 Å². The number of hydrogen-bond acceptors (Lipinski definition) is 6.